The van der Waals surface area contributed by atoms with E-state index in [9.17, 15) is 9.90 Å². The molecule has 1 aliphatic heterocycles. The molecule has 1 saturated heterocycles. The normalized spacial score (nSPS) is 38.4. The summed E-state index contributed by atoms with van der Waals surface area (Å²) in [7, 11) is 0. The lowest BCUT2D eigenvalue weighted by Gasteiger charge is -2.26. The fraction of sp³-hybridized carbons (Fsp3) is 0.786. The molecule has 17 heavy (non-hydrogen) atoms. The average Bonchev–Trinajstić information content (AvgIpc) is 2.75. The highest BCUT2D eigenvalue weighted by molar-refractivity contribution is 5.72. The molecule has 1 N–H and O–H groups in total. The largest absolute Gasteiger partial charge is 0.461 e. The fourth-order valence-electron chi connectivity index (χ4n) is 3.47. The van der Waals surface area contributed by atoms with E-state index in [1.54, 1.807) is 6.08 Å². The van der Waals surface area contributed by atoms with Gasteiger partial charge in [0.2, 0.25) is 0 Å². The number of aliphatic hydroxyl groups is 1. The Kier molecular flexibility index (Phi) is 3.06. The molecular weight excluding hydrogens is 216 g/mol. The van der Waals surface area contributed by atoms with Crippen molar-refractivity contribution in [3.05, 3.63) is 12.7 Å². The second kappa shape index (κ2) is 4.13. The highest BCUT2D eigenvalue weighted by Gasteiger charge is 2.56. The Labute approximate surface area is 103 Å². The van der Waals surface area contributed by atoms with Gasteiger partial charge in [-0.05, 0) is 18.3 Å². The second-order valence-electron chi connectivity index (χ2n) is 6.22. The van der Waals surface area contributed by atoms with Crippen LogP contribution < -0.4 is 0 Å². The Hall–Kier alpha value is -0.830. The first kappa shape index (κ1) is 12.6. The Morgan fingerprint density at radius 3 is 2.82 bits per heavy atom. The molecule has 0 radical (unpaired) electrons. The van der Waals surface area contributed by atoms with E-state index in [0.29, 0.717) is 6.42 Å². The number of rotatable bonds is 3. The maximum atomic E-state index is 11.4. The van der Waals surface area contributed by atoms with Crippen LogP contribution in [0.3, 0.4) is 0 Å². The van der Waals surface area contributed by atoms with E-state index in [2.05, 4.69) is 20.4 Å². The average molecular weight is 238 g/mol. The van der Waals surface area contributed by atoms with Crippen LogP contribution in [0.5, 0.6) is 0 Å². The number of hydrogen-bond donors (Lipinski definition) is 1. The molecular formula is C14H22O3. The minimum absolute atomic E-state index is 0.0216. The van der Waals surface area contributed by atoms with Gasteiger partial charge in [0.25, 0.3) is 0 Å². The quantitative estimate of drug-likeness (QED) is 0.605. The summed E-state index contributed by atoms with van der Waals surface area (Å²) in [4.78, 5) is 11.4. The molecule has 0 aromatic carbocycles. The van der Waals surface area contributed by atoms with E-state index < -0.39 is 6.10 Å². The highest BCUT2D eigenvalue weighted by Crippen LogP contribution is 2.53. The molecule has 3 nitrogen and oxygen atoms in total. The fourth-order valence-corrected chi connectivity index (χ4v) is 3.47. The van der Waals surface area contributed by atoms with Crippen molar-refractivity contribution in [1.29, 1.82) is 0 Å². The van der Waals surface area contributed by atoms with Gasteiger partial charge in [-0.1, -0.05) is 26.8 Å². The molecule has 2 rings (SSSR count). The molecule has 3 heteroatoms. The first-order valence-corrected chi connectivity index (χ1v) is 6.37. The summed E-state index contributed by atoms with van der Waals surface area (Å²) in [6.07, 6.45) is 2.71. The summed E-state index contributed by atoms with van der Waals surface area (Å²) in [5, 5.41) is 10.3. The Morgan fingerprint density at radius 2 is 2.24 bits per heavy atom. The number of fused-ring (bicyclic) bond motifs is 1. The van der Waals surface area contributed by atoms with Crippen molar-refractivity contribution in [3.63, 3.8) is 0 Å². The number of aliphatic hydroxyl groups excluding tert-OH is 1. The molecule has 2 aliphatic rings. The predicted molar refractivity (Wildman–Crippen MR) is 65.2 cm³/mol. The molecule has 96 valence electrons. The van der Waals surface area contributed by atoms with Crippen molar-refractivity contribution >= 4 is 5.97 Å². The van der Waals surface area contributed by atoms with Gasteiger partial charge in [-0.25, -0.2) is 0 Å². The molecule has 0 spiro atoms. The third kappa shape index (κ3) is 2.01. The van der Waals surface area contributed by atoms with Crippen LogP contribution in [0.15, 0.2) is 12.7 Å². The third-order valence-electron chi connectivity index (χ3n) is 4.48. The van der Waals surface area contributed by atoms with Gasteiger partial charge in [-0.3, -0.25) is 4.79 Å². The lowest BCUT2D eigenvalue weighted by atomic mass is 9.83. The van der Waals surface area contributed by atoms with Gasteiger partial charge in [0.05, 0.1) is 12.5 Å². The zero-order chi connectivity index (χ0) is 12.8. The van der Waals surface area contributed by atoms with Crippen LogP contribution in [-0.4, -0.2) is 23.3 Å². The monoisotopic (exact) mass is 238 g/mol. The van der Waals surface area contributed by atoms with Crippen LogP contribution in [0.2, 0.25) is 0 Å². The van der Waals surface area contributed by atoms with Crippen LogP contribution >= 0.6 is 0 Å². The van der Waals surface area contributed by atoms with E-state index >= 15 is 0 Å². The summed E-state index contributed by atoms with van der Waals surface area (Å²) < 4.78 is 5.42. The van der Waals surface area contributed by atoms with Crippen molar-refractivity contribution in [1.82, 2.24) is 0 Å². The van der Waals surface area contributed by atoms with Gasteiger partial charge in [0, 0.05) is 11.3 Å². The molecule has 1 aliphatic carbocycles. The zero-order valence-corrected chi connectivity index (χ0v) is 10.8. The minimum Gasteiger partial charge on any atom is -0.461 e. The Balaban J connectivity index is 2.20. The van der Waals surface area contributed by atoms with E-state index in [0.717, 1.165) is 6.42 Å². The first-order chi connectivity index (χ1) is 7.86. The summed E-state index contributed by atoms with van der Waals surface area (Å²) in [6, 6.07) is 0. The standard InChI is InChI=1S/C14H22O3/c1-5-8(2)12(16)10-7-14(3,4)13-9(10)6-11(15)17-13/h5,8-10,12-13,16H,1,6-7H2,2-4H3/t8-,9-,10-,12+,13-/m1/s1. The molecule has 2 fully saturated rings. The highest BCUT2D eigenvalue weighted by atomic mass is 16.6. The van der Waals surface area contributed by atoms with E-state index in [1.807, 2.05) is 6.92 Å². The van der Waals surface area contributed by atoms with Crippen molar-refractivity contribution in [3.8, 4) is 0 Å². The van der Waals surface area contributed by atoms with Crippen LogP contribution in [0.1, 0.15) is 33.6 Å². The second-order valence-corrected chi connectivity index (χ2v) is 6.22. The summed E-state index contributed by atoms with van der Waals surface area (Å²) in [5.41, 5.74) is -0.0244. The lowest BCUT2D eigenvalue weighted by Crippen LogP contribution is -2.30. The van der Waals surface area contributed by atoms with Gasteiger partial charge >= 0.3 is 5.97 Å². The van der Waals surface area contributed by atoms with Gasteiger partial charge in [-0.2, -0.15) is 0 Å². The molecule has 0 aromatic heterocycles. The van der Waals surface area contributed by atoms with Gasteiger partial charge in [-0.15, -0.1) is 6.58 Å². The number of ether oxygens (including phenoxy) is 1. The summed E-state index contributed by atoms with van der Waals surface area (Å²) in [6.45, 7) is 9.94. The van der Waals surface area contributed by atoms with E-state index in [4.69, 9.17) is 4.74 Å². The number of esters is 1. The Morgan fingerprint density at radius 1 is 1.59 bits per heavy atom. The molecule has 0 aromatic rings. The molecule has 0 amide bonds. The van der Waals surface area contributed by atoms with E-state index in [1.165, 1.54) is 0 Å². The van der Waals surface area contributed by atoms with Crippen molar-refractivity contribution < 1.29 is 14.6 Å². The molecule has 5 atom stereocenters. The van der Waals surface area contributed by atoms with Gasteiger partial charge in [0.15, 0.2) is 0 Å². The van der Waals surface area contributed by atoms with Crippen LogP contribution in [0.25, 0.3) is 0 Å². The van der Waals surface area contributed by atoms with Crippen LogP contribution in [0.4, 0.5) is 0 Å². The SMILES string of the molecule is C=C[C@@H](C)[C@H](O)[C@@H]1CC(C)(C)[C@@H]2OC(=O)C[C@H]12. The maximum Gasteiger partial charge on any atom is 0.306 e. The number of carbonyl (C=O) groups excluding carboxylic acids is 1. The number of carbonyl (C=O) groups is 1. The topological polar surface area (TPSA) is 46.5 Å². The molecule has 1 heterocycles. The lowest BCUT2D eigenvalue weighted by molar-refractivity contribution is -0.145. The van der Waals surface area contributed by atoms with Crippen molar-refractivity contribution in [2.75, 3.05) is 0 Å². The third-order valence-corrected chi connectivity index (χ3v) is 4.48. The first-order valence-electron chi connectivity index (χ1n) is 6.37. The Bertz CT molecular complexity index is 334. The number of hydrogen-bond acceptors (Lipinski definition) is 3. The van der Waals surface area contributed by atoms with Gasteiger partial charge < -0.3 is 9.84 Å². The van der Waals surface area contributed by atoms with Crippen molar-refractivity contribution in [2.45, 2.75) is 45.8 Å². The molecule has 0 unspecified atom stereocenters. The van der Waals surface area contributed by atoms with Crippen LogP contribution in [-0.2, 0) is 9.53 Å². The van der Waals surface area contributed by atoms with E-state index in [-0.39, 0.29) is 35.2 Å². The molecule has 1 saturated carbocycles. The summed E-state index contributed by atoms with van der Waals surface area (Å²) in [5.74, 6) is 0.269. The minimum atomic E-state index is -0.420. The summed E-state index contributed by atoms with van der Waals surface area (Å²) >= 11 is 0. The predicted octanol–water partition coefficient (Wildman–Crippen LogP) is 2.15. The molecule has 0 bridgehead atoms. The van der Waals surface area contributed by atoms with Gasteiger partial charge in [0.1, 0.15) is 6.10 Å². The maximum absolute atomic E-state index is 11.4. The van der Waals surface area contributed by atoms with Crippen LogP contribution in [0, 0.1) is 23.2 Å². The smallest absolute Gasteiger partial charge is 0.306 e. The van der Waals surface area contributed by atoms with Crippen molar-refractivity contribution in [2.24, 2.45) is 23.2 Å². The zero-order valence-electron chi connectivity index (χ0n) is 10.8.